The van der Waals surface area contributed by atoms with Gasteiger partial charge in [-0.2, -0.15) is 10.5 Å². The lowest BCUT2D eigenvalue weighted by Crippen LogP contribution is -1.98. The smallest absolute Gasteiger partial charge is 0.211 e. The number of para-hydroxylation sites is 3. The highest BCUT2D eigenvalue weighted by atomic mass is 15.0. The Hall–Kier alpha value is -8.31. The minimum atomic E-state index is 0.482. The van der Waals surface area contributed by atoms with Crippen molar-refractivity contribution in [3.05, 3.63) is 186 Å². The maximum absolute atomic E-state index is 9.38. The van der Waals surface area contributed by atoms with E-state index >= 15 is 0 Å². The molecule has 0 spiro atoms. The predicted octanol–water partition coefficient (Wildman–Crippen LogP) is 12.0. The predicted molar refractivity (Wildman–Crippen MR) is 223 cm³/mol. The van der Waals surface area contributed by atoms with E-state index in [1.165, 1.54) is 10.8 Å². The fourth-order valence-corrected chi connectivity index (χ4v) is 7.80. The summed E-state index contributed by atoms with van der Waals surface area (Å²) in [6.07, 6.45) is 0. The molecule has 0 amide bonds. The van der Waals surface area contributed by atoms with Gasteiger partial charge >= 0.3 is 0 Å². The summed E-state index contributed by atoms with van der Waals surface area (Å²) < 4.78 is 4.51. The van der Waals surface area contributed by atoms with Crippen molar-refractivity contribution in [3.63, 3.8) is 0 Å². The normalized spacial score (nSPS) is 11.2. The van der Waals surface area contributed by atoms with Crippen LogP contribution < -0.4 is 0 Å². The summed E-state index contributed by atoms with van der Waals surface area (Å²) in [4.78, 5) is 13.9. The summed E-state index contributed by atoms with van der Waals surface area (Å²) in [5.41, 5.74) is 11.4. The number of hydrogen-bond acceptors (Lipinski definition) is 4. The SMILES string of the molecule is [C-]#[N+]c1cc(-c2cc(-c3ccc(C#N)cc3)nc(-c3ccc(C#N)cc3)n2)ccc1-n1c2ccccc2c2cc(-n3c4ccccc4c4ccccc43)ccc21. The molecule has 7 nitrogen and oxygen atoms in total. The van der Waals surface area contributed by atoms with Crippen LogP contribution in [0.25, 0.3) is 93.7 Å². The molecule has 0 aliphatic carbocycles. The molecule has 0 radical (unpaired) electrons. The zero-order valence-corrected chi connectivity index (χ0v) is 29.7. The second-order valence-corrected chi connectivity index (χ2v) is 13.6. The Morgan fingerprint density at radius 2 is 0.964 bits per heavy atom. The van der Waals surface area contributed by atoms with Gasteiger partial charge in [0, 0.05) is 38.4 Å². The second kappa shape index (κ2) is 13.0. The summed E-state index contributed by atoms with van der Waals surface area (Å²) in [7, 11) is 0. The Balaban J connectivity index is 1.13. The number of benzene rings is 7. The van der Waals surface area contributed by atoms with Gasteiger partial charge in [0.1, 0.15) is 0 Å². The molecule has 56 heavy (non-hydrogen) atoms. The number of nitriles is 2. The van der Waals surface area contributed by atoms with Crippen LogP contribution in [0.1, 0.15) is 11.1 Å². The first-order valence-electron chi connectivity index (χ1n) is 18.1. The Morgan fingerprint density at radius 3 is 1.55 bits per heavy atom. The van der Waals surface area contributed by atoms with Crippen molar-refractivity contribution in [2.24, 2.45) is 0 Å². The van der Waals surface area contributed by atoms with Gasteiger partial charge in [-0.15, -0.1) is 0 Å². The van der Waals surface area contributed by atoms with Crippen molar-refractivity contribution < 1.29 is 0 Å². The molecular formula is C49H27N7. The third-order valence-electron chi connectivity index (χ3n) is 10.4. The molecule has 7 heteroatoms. The van der Waals surface area contributed by atoms with Crippen LogP contribution in [0.4, 0.5) is 5.69 Å². The minimum absolute atomic E-state index is 0.482. The molecule has 0 saturated heterocycles. The second-order valence-electron chi connectivity index (χ2n) is 13.6. The van der Waals surface area contributed by atoms with Gasteiger partial charge in [-0.1, -0.05) is 72.8 Å². The van der Waals surface area contributed by atoms with E-state index in [-0.39, 0.29) is 0 Å². The topological polar surface area (TPSA) is 87.6 Å². The number of rotatable bonds is 5. The molecule has 0 unspecified atom stereocenters. The summed E-state index contributed by atoms with van der Waals surface area (Å²) >= 11 is 0. The summed E-state index contributed by atoms with van der Waals surface area (Å²) in [6, 6.07) is 58.6. The molecule has 10 rings (SSSR count). The van der Waals surface area contributed by atoms with Crippen molar-refractivity contribution in [1.29, 1.82) is 10.5 Å². The highest BCUT2D eigenvalue weighted by molar-refractivity contribution is 6.12. The molecule has 0 aliphatic rings. The van der Waals surface area contributed by atoms with Crippen LogP contribution in [0.3, 0.4) is 0 Å². The highest BCUT2D eigenvalue weighted by Crippen LogP contribution is 2.40. The lowest BCUT2D eigenvalue weighted by atomic mass is 10.0. The molecule has 0 saturated carbocycles. The Morgan fingerprint density at radius 1 is 0.464 bits per heavy atom. The van der Waals surface area contributed by atoms with Crippen LogP contribution >= 0.6 is 0 Å². The standard InChI is InChI=1S/C49H27N7/c1-52-43-26-35(42-28-41(33-18-14-31(29-50)15-19-33)53-49(54-42)34-20-16-32(30-51)17-21-34)22-24-48(43)56-46-13-7-4-10-39(46)40-27-36(23-25-47(40)56)55-44-11-5-2-8-37(44)38-9-3-6-12-45(38)55/h2-28H. The lowest BCUT2D eigenvalue weighted by molar-refractivity contribution is 1.16. The molecule has 0 fully saturated rings. The first kappa shape index (κ1) is 32.3. The minimum Gasteiger partial charge on any atom is -0.319 e. The maximum Gasteiger partial charge on any atom is 0.211 e. The number of aromatic nitrogens is 4. The number of fused-ring (bicyclic) bond motifs is 6. The third-order valence-corrected chi connectivity index (χ3v) is 10.4. The molecular weight excluding hydrogens is 687 g/mol. The number of hydrogen-bond donors (Lipinski definition) is 0. The first-order chi connectivity index (χ1) is 27.6. The van der Waals surface area contributed by atoms with Crippen molar-refractivity contribution in [1.82, 2.24) is 19.1 Å². The molecule has 0 bridgehead atoms. The average Bonchev–Trinajstić information content (AvgIpc) is 3.78. The van der Waals surface area contributed by atoms with Crippen LogP contribution in [0, 0.1) is 29.2 Å². The molecule has 0 atom stereocenters. The van der Waals surface area contributed by atoms with Gasteiger partial charge in [-0.25, -0.2) is 14.8 Å². The summed E-state index contributed by atoms with van der Waals surface area (Å²) in [5, 5.41) is 23.4. The maximum atomic E-state index is 9.38. The van der Waals surface area contributed by atoms with Crippen molar-refractivity contribution in [2.45, 2.75) is 0 Å². The average molecular weight is 714 g/mol. The largest absolute Gasteiger partial charge is 0.319 e. The van der Waals surface area contributed by atoms with Crippen molar-refractivity contribution in [3.8, 4) is 57.4 Å². The Labute approximate surface area is 321 Å². The molecule has 7 aromatic carbocycles. The third kappa shape index (κ3) is 5.18. The van der Waals surface area contributed by atoms with E-state index < -0.39 is 0 Å². The highest BCUT2D eigenvalue weighted by Gasteiger charge is 2.19. The van der Waals surface area contributed by atoms with E-state index in [1.807, 2.05) is 54.6 Å². The lowest BCUT2D eigenvalue weighted by Gasteiger charge is -2.14. The summed E-state index contributed by atoms with van der Waals surface area (Å²) in [5.74, 6) is 0.487. The Kier molecular flexibility index (Phi) is 7.49. The van der Waals surface area contributed by atoms with E-state index in [0.717, 1.165) is 60.9 Å². The zero-order chi connectivity index (χ0) is 37.8. The number of nitrogens with zero attached hydrogens (tertiary/aromatic N) is 7. The zero-order valence-electron chi connectivity index (χ0n) is 29.7. The molecule has 3 heterocycles. The first-order valence-corrected chi connectivity index (χ1v) is 18.1. The fraction of sp³-hybridized carbons (Fsp3) is 0. The van der Waals surface area contributed by atoms with Crippen molar-refractivity contribution in [2.75, 3.05) is 0 Å². The van der Waals surface area contributed by atoms with E-state index in [9.17, 15) is 10.5 Å². The van der Waals surface area contributed by atoms with Gasteiger partial charge < -0.3 is 9.13 Å². The molecule has 10 aromatic rings. The summed E-state index contributed by atoms with van der Waals surface area (Å²) in [6.45, 7) is 8.40. The van der Waals surface area contributed by atoms with Gasteiger partial charge in [0.2, 0.25) is 5.69 Å². The van der Waals surface area contributed by atoms with Gasteiger partial charge in [0.15, 0.2) is 5.82 Å². The van der Waals surface area contributed by atoms with E-state index in [0.29, 0.717) is 34.0 Å². The van der Waals surface area contributed by atoms with Gasteiger partial charge in [-0.3, -0.25) is 0 Å². The fourth-order valence-electron chi connectivity index (χ4n) is 7.80. The molecule has 0 aliphatic heterocycles. The molecule has 0 N–H and O–H groups in total. The quantitative estimate of drug-likeness (QED) is 0.166. The molecule has 3 aromatic heterocycles. The monoisotopic (exact) mass is 713 g/mol. The molecule has 258 valence electrons. The van der Waals surface area contributed by atoms with Gasteiger partial charge in [-0.05, 0) is 96.6 Å². The van der Waals surface area contributed by atoms with E-state index in [1.54, 1.807) is 24.3 Å². The Bertz CT molecular complexity index is 3200. The van der Waals surface area contributed by atoms with Crippen LogP contribution in [0.5, 0.6) is 0 Å². The van der Waals surface area contributed by atoms with Gasteiger partial charge in [0.05, 0.1) is 69.0 Å². The van der Waals surface area contributed by atoms with E-state index in [4.69, 9.17) is 16.5 Å². The van der Waals surface area contributed by atoms with E-state index in [2.05, 4.69) is 111 Å². The van der Waals surface area contributed by atoms with Crippen LogP contribution in [-0.4, -0.2) is 19.1 Å². The van der Waals surface area contributed by atoms with Gasteiger partial charge in [0.25, 0.3) is 0 Å². The van der Waals surface area contributed by atoms with Crippen LogP contribution in [-0.2, 0) is 0 Å². The van der Waals surface area contributed by atoms with Crippen molar-refractivity contribution >= 4 is 49.3 Å². The van der Waals surface area contributed by atoms with Crippen LogP contribution in [0.2, 0.25) is 0 Å². The van der Waals surface area contributed by atoms with Crippen LogP contribution in [0.15, 0.2) is 164 Å².